The molecule has 0 amide bonds. The molecule has 0 saturated heterocycles. The van der Waals surface area contributed by atoms with Crippen molar-refractivity contribution in [1.29, 1.82) is 0 Å². The van der Waals surface area contributed by atoms with Crippen molar-refractivity contribution in [2.24, 2.45) is 0 Å². The van der Waals surface area contributed by atoms with Crippen LogP contribution in [0.5, 0.6) is 0 Å². The molecular weight excluding hydrogens is 237 g/mol. The highest BCUT2D eigenvalue weighted by Crippen LogP contribution is 2.29. The molecule has 2 aromatic rings. The van der Waals surface area contributed by atoms with Gasteiger partial charge in [0.15, 0.2) is 0 Å². The van der Waals surface area contributed by atoms with Crippen molar-refractivity contribution in [1.82, 2.24) is 20.2 Å². The fourth-order valence-corrected chi connectivity index (χ4v) is 1.20. The van der Waals surface area contributed by atoms with Crippen LogP contribution in [0.15, 0.2) is 24.3 Å². The van der Waals surface area contributed by atoms with E-state index < -0.39 is 11.7 Å². The summed E-state index contributed by atoms with van der Waals surface area (Å²) < 4.78 is 36.9. The summed E-state index contributed by atoms with van der Waals surface area (Å²) in [6.07, 6.45) is -4.37. The first-order chi connectivity index (χ1) is 8.00. The van der Waals surface area contributed by atoms with E-state index in [1.165, 1.54) is 12.1 Å². The molecule has 0 unspecified atom stereocenters. The van der Waals surface area contributed by atoms with Crippen molar-refractivity contribution in [2.75, 3.05) is 0 Å². The van der Waals surface area contributed by atoms with Gasteiger partial charge in [-0.3, -0.25) is 0 Å². The zero-order valence-electron chi connectivity index (χ0n) is 8.39. The van der Waals surface area contributed by atoms with Crippen LogP contribution in [0.25, 0.3) is 5.69 Å². The monoisotopic (exact) mass is 244 g/mol. The number of benzene rings is 1. The lowest BCUT2D eigenvalue weighted by Crippen LogP contribution is -2.06. The number of hydrogen-bond acceptors (Lipinski definition) is 4. The smallest absolute Gasteiger partial charge is 0.388 e. The second-order valence-corrected chi connectivity index (χ2v) is 3.20. The van der Waals surface area contributed by atoms with Crippen LogP contribution in [-0.2, 0) is 12.8 Å². The Morgan fingerprint density at radius 2 is 1.82 bits per heavy atom. The predicted molar refractivity (Wildman–Crippen MR) is 50.1 cm³/mol. The lowest BCUT2D eigenvalue weighted by atomic mass is 10.2. The molecule has 17 heavy (non-hydrogen) atoms. The van der Waals surface area contributed by atoms with Crippen molar-refractivity contribution >= 4 is 0 Å². The molecule has 0 aliphatic rings. The highest BCUT2D eigenvalue weighted by molar-refractivity contribution is 5.33. The van der Waals surface area contributed by atoms with Gasteiger partial charge in [-0.05, 0) is 29.5 Å². The standard InChI is InChI=1S/C9H7F3N4O/c10-9(11,12)6-1-3-7(4-2-6)16-14-8(5-17)13-15-16/h1-4,17H,5H2. The Hall–Kier alpha value is -1.96. The minimum Gasteiger partial charge on any atom is -0.388 e. The average Bonchev–Trinajstić information content (AvgIpc) is 2.76. The summed E-state index contributed by atoms with van der Waals surface area (Å²) in [6.45, 7) is -0.374. The molecule has 90 valence electrons. The number of halogens is 3. The van der Waals surface area contributed by atoms with E-state index in [-0.39, 0.29) is 12.4 Å². The van der Waals surface area contributed by atoms with Gasteiger partial charge in [-0.25, -0.2) is 0 Å². The van der Waals surface area contributed by atoms with Gasteiger partial charge in [-0.15, -0.1) is 15.0 Å². The maximum Gasteiger partial charge on any atom is 0.416 e. The van der Waals surface area contributed by atoms with Gasteiger partial charge in [0.05, 0.1) is 11.3 Å². The van der Waals surface area contributed by atoms with Gasteiger partial charge in [-0.2, -0.15) is 13.2 Å². The topological polar surface area (TPSA) is 63.8 Å². The molecule has 1 heterocycles. The summed E-state index contributed by atoms with van der Waals surface area (Å²) >= 11 is 0. The van der Waals surface area contributed by atoms with Crippen molar-refractivity contribution in [3.63, 3.8) is 0 Å². The lowest BCUT2D eigenvalue weighted by molar-refractivity contribution is -0.137. The molecule has 1 aromatic carbocycles. The van der Waals surface area contributed by atoms with Gasteiger partial charge < -0.3 is 5.11 Å². The molecule has 2 rings (SSSR count). The van der Waals surface area contributed by atoms with Crippen molar-refractivity contribution in [3.8, 4) is 5.69 Å². The Kier molecular flexibility index (Phi) is 2.80. The molecule has 1 N–H and O–H groups in total. The Labute approximate surface area is 93.5 Å². The Bertz CT molecular complexity index is 506. The quantitative estimate of drug-likeness (QED) is 0.861. The summed E-state index contributed by atoms with van der Waals surface area (Å²) in [5.41, 5.74) is -0.408. The number of rotatable bonds is 2. The molecule has 0 bridgehead atoms. The zero-order valence-corrected chi connectivity index (χ0v) is 8.39. The highest BCUT2D eigenvalue weighted by Gasteiger charge is 2.30. The van der Waals surface area contributed by atoms with E-state index >= 15 is 0 Å². The van der Waals surface area contributed by atoms with Crippen molar-refractivity contribution in [2.45, 2.75) is 12.8 Å². The van der Waals surface area contributed by atoms with Crippen LogP contribution in [0.1, 0.15) is 11.4 Å². The molecule has 5 nitrogen and oxygen atoms in total. The summed E-state index contributed by atoms with van der Waals surface area (Å²) in [7, 11) is 0. The van der Waals surface area contributed by atoms with Crippen LogP contribution < -0.4 is 0 Å². The first-order valence-electron chi connectivity index (χ1n) is 4.58. The largest absolute Gasteiger partial charge is 0.416 e. The fraction of sp³-hybridized carbons (Fsp3) is 0.222. The van der Waals surface area contributed by atoms with Crippen LogP contribution in [0.3, 0.4) is 0 Å². The van der Waals surface area contributed by atoms with Crippen LogP contribution in [0.2, 0.25) is 0 Å². The molecule has 0 atom stereocenters. The normalized spacial score (nSPS) is 11.8. The van der Waals surface area contributed by atoms with Gasteiger partial charge in [0.1, 0.15) is 6.61 Å². The van der Waals surface area contributed by atoms with E-state index in [2.05, 4.69) is 15.4 Å². The minimum absolute atomic E-state index is 0.102. The average molecular weight is 244 g/mol. The molecule has 0 saturated carbocycles. The molecule has 0 aliphatic heterocycles. The van der Waals surface area contributed by atoms with E-state index in [1.807, 2.05) is 0 Å². The summed E-state index contributed by atoms with van der Waals surface area (Å²) in [5.74, 6) is 0.102. The molecule has 0 fully saturated rings. The highest BCUT2D eigenvalue weighted by atomic mass is 19.4. The molecule has 0 aliphatic carbocycles. The number of nitrogens with zero attached hydrogens (tertiary/aromatic N) is 4. The van der Waals surface area contributed by atoms with Crippen LogP contribution in [0, 0.1) is 0 Å². The van der Waals surface area contributed by atoms with Crippen LogP contribution in [-0.4, -0.2) is 25.3 Å². The fourth-order valence-electron chi connectivity index (χ4n) is 1.20. The second-order valence-electron chi connectivity index (χ2n) is 3.20. The number of aliphatic hydroxyl groups excluding tert-OH is 1. The van der Waals surface area contributed by atoms with Crippen LogP contribution >= 0.6 is 0 Å². The van der Waals surface area contributed by atoms with Gasteiger partial charge in [0, 0.05) is 0 Å². The van der Waals surface area contributed by atoms with E-state index in [0.29, 0.717) is 5.69 Å². The van der Waals surface area contributed by atoms with Gasteiger partial charge >= 0.3 is 6.18 Å². The minimum atomic E-state index is -4.37. The zero-order chi connectivity index (χ0) is 12.5. The molecule has 0 spiro atoms. The molecule has 8 heteroatoms. The molecule has 1 aromatic heterocycles. The molecular formula is C9H7F3N4O. The molecule has 0 radical (unpaired) electrons. The third kappa shape index (κ3) is 2.41. The number of hydrogen-bond donors (Lipinski definition) is 1. The number of alkyl halides is 3. The number of aliphatic hydroxyl groups is 1. The van der Waals surface area contributed by atoms with Gasteiger partial charge in [-0.1, -0.05) is 0 Å². The number of tetrazole rings is 1. The third-order valence-electron chi connectivity index (χ3n) is 2.02. The SMILES string of the molecule is OCc1nnn(-c2ccc(C(F)(F)F)cc2)n1. The maximum atomic E-state index is 12.3. The van der Waals surface area contributed by atoms with Crippen LogP contribution in [0.4, 0.5) is 13.2 Å². The van der Waals surface area contributed by atoms with E-state index in [9.17, 15) is 13.2 Å². The first-order valence-corrected chi connectivity index (χ1v) is 4.58. The summed E-state index contributed by atoms with van der Waals surface area (Å²) in [5, 5.41) is 19.6. The predicted octanol–water partition coefficient (Wildman–Crippen LogP) is 1.17. The third-order valence-corrected chi connectivity index (χ3v) is 2.02. The Balaban J connectivity index is 2.29. The van der Waals surface area contributed by atoms with E-state index in [0.717, 1.165) is 16.9 Å². The van der Waals surface area contributed by atoms with E-state index in [1.54, 1.807) is 0 Å². The Morgan fingerprint density at radius 3 is 2.29 bits per heavy atom. The van der Waals surface area contributed by atoms with Gasteiger partial charge in [0.25, 0.3) is 0 Å². The Morgan fingerprint density at radius 1 is 1.18 bits per heavy atom. The van der Waals surface area contributed by atoms with Crippen molar-refractivity contribution in [3.05, 3.63) is 35.7 Å². The summed E-state index contributed by atoms with van der Waals surface area (Å²) in [4.78, 5) is 1.05. The van der Waals surface area contributed by atoms with Gasteiger partial charge in [0.2, 0.25) is 5.82 Å². The first kappa shape index (κ1) is 11.5. The van der Waals surface area contributed by atoms with Crippen molar-refractivity contribution < 1.29 is 18.3 Å². The number of aromatic nitrogens is 4. The summed E-state index contributed by atoms with van der Waals surface area (Å²) in [6, 6.07) is 4.31. The second kappa shape index (κ2) is 4.13. The van der Waals surface area contributed by atoms with E-state index in [4.69, 9.17) is 5.11 Å². The lowest BCUT2D eigenvalue weighted by Gasteiger charge is -2.06. The maximum absolute atomic E-state index is 12.3.